The molecule has 4 heterocycles. The highest BCUT2D eigenvalue weighted by Gasteiger charge is 2.30. The summed E-state index contributed by atoms with van der Waals surface area (Å²) in [7, 11) is 0. The Bertz CT molecular complexity index is 1510. The number of likely N-dealkylation sites (tertiary alicyclic amines) is 1. The van der Waals surface area contributed by atoms with Crippen molar-refractivity contribution in [3.63, 3.8) is 0 Å². The molecular formula is C29H32FN9. The van der Waals surface area contributed by atoms with Gasteiger partial charge in [0.25, 0.3) is 0 Å². The van der Waals surface area contributed by atoms with Crippen LogP contribution in [0.4, 0.5) is 27.7 Å². The van der Waals surface area contributed by atoms with Gasteiger partial charge in [-0.1, -0.05) is 24.3 Å². The summed E-state index contributed by atoms with van der Waals surface area (Å²) in [5.74, 6) is 0.714. The fourth-order valence-electron chi connectivity index (χ4n) is 6.28. The van der Waals surface area contributed by atoms with Crippen molar-refractivity contribution in [3.05, 3.63) is 65.5 Å². The highest BCUT2D eigenvalue weighted by Crippen LogP contribution is 2.33. The topological polar surface area (TPSA) is 101 Å². The summed E-state index contributed by atoms with van der Waals surface area (Å²) in [5.41, 5.74) is 11.6. The molecule has 0 bridgehead atoms. The molecule has 39 heavy (non-hydrogen) atoms. The lowest BCUT2D eigenvalue weighted by Crippen LogP contribution is -2.35. The van der Waals surface area contributed by atoms with E-state index in [1.54, 1.807) is 0 Å². The van der Waals surface area contributed by atoms with Crippen molar-refractivity contribution in [1.82, 2.24) is 29.9 Å². The molecule has 0 radical (unpaired) electrons. The maximum absolute atomic E-state index is 15.3. The number of hydrogen-bond donors (Lipinski definition) is 2. The quantitative estimate of drug-likeness (QED) is 0.397. The standard InChI is InChI=1S/C29H32FN9/c30-24-17-21(10-11-25(24)38-15-12-22(18-38)37-13-3-4-14-37)32-29-33-28(31)36-39(29)26-16-20-8-5-7-19-6-1-2-9-23(19)27(20)35-34-26/h1-2,6,9-11,16-17,22H,3-5,7-8,12-15,18H2,(H3,31,32,33,36). The number of benzene rings is 2. The molecule has 0 amide bonds. The summed E-state index contributed by atoms with van der Waals surface area (Å²) in [6.45, 7) is 4.07. The van der Waals surface area contributed by atoms with E-state index in [0.717, 1.165) is 68.7 Å². The minimum Gasteiger partial charge on any atom is -0.368 e. The number of halogens is 1. The van der Waals surface area contributed by atoms with Gasteiger partial charge in [0.05, 0.1) is 11.4 Å². The number of nitrogens with two attached hydrogens (primary N) is 1. The molecule has 0 saturated carbocycles. The molecule has 3 N–H and O–H groups in total. The van der Waals surface area contributed by atoms with E-state index in [1.807, 2.05) is 24.3 Å². The number of aromatic nitrogens is 5. The van der Waals surface area contributed by atoms with Crippen LogP contribution in [0.15, 0.2) is 48.5 Å². The highest BCUT2D eigenvalue weighted by molar-refractivity contribution is 5.68. The van der Waals surface area contributed by atoms with Crippen molar-refractivity contribution in [3.8, 4) is 17.1 Å². The predicted octanol–water partition coefficient (Wildman–Crippen LogP) is 4.35. The number of anilines is 4. The van der Waals surface area contributed by atoms with Crippen LogP contribution < -0.4 is 16.0 Å². The molecule has 10 heteroatoms. The molecule has 2 aliphatic heterocycles. The summed E-state index contributed by atoms with van der Waals surface area (Å²) in [4.78, 5) is 9.05. The Morgan fingerprint density at radius 3 is 2.64 bits per heavy atom. The number of nitrogen functional groups attached to an aromatic ring is 1. The monoisotopic (exact) mass is 525 g/mol. The van der Waals surface area contributed by atoms with Gasteiger partial charge in [-0.15, -0.1) is 15.3 Å². The van der Waals surface area contributed by atoms with Gasteiger partial charge in [0, 0.05) is 30.4 Å². The molecule has 9 nitrogen and oxygen atoms in total. The third kappa shape index (κ3) is 4.58. The summed E-state index contributed by atoms with van der Waals surface area (Å²) >= 11 is 0. The molecule has 200 valence electrons. The van der Waals surface area contributed by atoms with E-state index in [1.165, 1.54) is 29.2 Å². The molecule has 2 fully saturated rings. The maximum Gasteiger partial charge on any atom is 0.241 e. The van der Waals surface area contributed by atoms with Crippen LogP contribution in [-0.2, 0) is 12.8 Å². The lowest BCUT2D eigenvalue weighted by molar-refractivity contribution is 0.260. The fraction of sp³-hybridized carbons (Fsp3) is 0.379. The molecule has 0 spiro atoms. The molecule has 2 saturated heterocycles. The van der Waals surface area contributed by atoms with Crippen molar-refractivity contribution >= 4 is 23.3 Å². The van der Waals surface area contributed by atoms with E-state index in [2.05, 4.69) is 53.6 Å². The zero-order chi connectivity index (χ0) is 26.3. The van der Waals surface area contributed by atoms with Gasteiger partial charge in [0.15, 0.2) is 5.82 Å². The van der Waals surface area contributed by atoms with Gasteiger partial charge in [-0.05, 0) is 87.0 Å². The summed E-state index contributed by atoms with van der Waals surface area (Å²) in [6, 6.07) is 16.1. The molecular weight excluding hydrogens is 493 g/mol. The average molecular weight is 526 g/mol. The third-order valence-corrected chi connectivity index (χ3v) is 8.23. The van der Waals surface area contributed by atoms with E-state index in [4.69, 9.17) is 5.73 Å². The molecule has 4 aromatic rings. The Kier molecular flexibility index (Phi) is 6.11. The van der Waals surface area contributed by atoms with E-state index in [9.17, 15) is 0 Å². The second-order valence-electron chi connectivity index (χ2n) is 10.7. The minimum absolute atomic E-state index is 0.0988. The lowest BCUT2D eigenvalue weighted by atomic mass is 10.0. The second kappa shape index (κ2) is 9.92. The SMILES string of the molecule is Nc1nc(Nc2ccc(N3CCC(N4CCCC4)C3)c(F)c2)n(-c2cc3c(nn2)-c2ccccc2CCC3)n1. The van der Waals surface area contributed by atoms with Gasteiger partial charge >= 0.3 is 0 Å². The van der Waals surface area contributed by atoms with Gasteiger partial charge in [-0.2, -0.15) is 9.67 Å². The van der Waals surface area contributed by atoms with Crippen molar-refractivity contribution in [2.75, 3.05) is 42.1 Å². The lowest BCUT2D eigenvalue weighted by Gasteiger charge is -2.24. The van der Waals surface area contributed by atoms with Crippen LogP contribution in [0, 0.1) is 5.82 Å². The van der Waals surface area contributed by atoms with Crippen LogP contribution in [-0.4, -0.2) is 62.1 Å². The van der Waals surface area contributed by atoms with E-state index in [-0.39, 0.29) is 11.8 Å². The van der Waals surface area contributed by atoms with Crippen LogP contribution >= 0.6 is 0 Å². The summed E-state index contributed by atoms with van der Waals surface area (Å²) in [5, 5.41) is 16.6. The minimum atomic E-state index is -0.260. The number of fused-ring (bicyclic) bond motifs is 3. The molecule has 2 aromatic carbocycles. The third-order valence-electron chi connectivity index (χ3n) is 8.23. The summed E-state index contributed by atoms with van der Waals surface area (Å²) in [6.07, 6.45) is 6.54. The van der Waals surface area contributed by atoms with Gasteiger partial charge < -0.3 is 16.0 Å². The zero-order valence-corrected chi connectivity index (χ0v) is 21.9. The average Bonchev–Trinajstić information content (AvgIpc) is 3.69. The van der Waals surface area contributed by atoms with Crippen molar-refractivity contribution in [2.45, 2.75) is 44.6 Å². The van der Waals surface area contributed by atoms with Gasteiger partial charge in [-0.25, -0.2) is 4.39 Å². The van der Waals surface area contributed by atoms with Crippen LogP contribution in [0.1, 0.15) is 36.8 Å². The first kappa shape index (κ1) is 24.0. The van der Waals surface area contributed by atoms with E-state index >= 15 is 4.39 Å². The first-order valence-corrected chi connectivity index (χ1v) is 13.9. The number of nitrogens with zero attached hydrogens (tertiary/aromatic N) is 7. The maximum atomic E-state index is 15.3. The summed E-state index contributed by atoms with van der Waals surface area (Å²) < 4.78 is 16.8. The molecule has 1 atom stereocenters. The van der Waals surface area contributed by atoms with Crippen molar-refractivity contribution in [2.24, 2.45) is 0 Å². The Labute approximate surface area is 226 Å². The molecule has 7 rings (SSSR count). The fourth-order valence-corrected chi connectivity index (χ4v) is 6.28. The molecule has 1 aliphatic carbocycles. The van der Waals surface area contributed by atoms with Crippen LogP contribution in [0.25, 0.3) is 17.1 Å². The van der Waals surface area contributed by atoms with Gasteiger partial charge in [0.2, 0.25) is 11.9 Å². The first-order chi connectivity index (χ1) is 19.1. The number of rotatable bonds is 5. The number of hydrogen-bond acceptors (Lipinski definition) is 8. The largest absolute Gasteiger partial charge is 0.368 e. The van der Waals surface area contributed by atoms with Crippen LogP contribution in [0.5, 0.6) is 0 Å². The molecule has 2 aromatic heterocycles. The normalized spacial score (nSPS) is 19.1. The van der Waals surface area contributed by atoms with Crippen LogP contribution in [0.3, 0.4) is 0 Å². The van der Waals surface area contributed by atoms with E-state index in [0.29, 0.717) is 29.2 Å². The molecule has 1 unspecified atom stereocenters. The van der Waals surface area contributed by atoms with Crippen LogP contribution in [0.2, 0.25) is 0 Å². The van der Waals surface area contributed by atoms with Gasteiger partial charge in [0.1, 0.15) is 5.82 Å². The van der Waals surface area contributed by atoms with Crippen molar-refractivity contribution < 1.29 is 4.39 Å². The smallest absolute Gasteiger partial charge is 0.241 e. The zero-order valence-electron chi connectivity index (χ0n) is 21.9. The van der Waals surface area contributed by atoms with Crippen molar-refractivity contribution in [1.29, 1.82) is 0 Å². The Hall–Kier alpha value is -4.05. The predicted molar refractivity (Wildman–Crippen MR) is 150 cm³/mol. The second-order valence-corrected chi connectivity index (χ2v) is 10.7. The van der Waals surface area contributed by atoms with E-state index < -0.39 is 0 Å². The number of nitrogens with one attached hydrogen (secondary N) is 1. The highest BCUT2D eigenvalue weighted by atomic mass is 19.1. The Morgan fingerprint density at radius 1 is 0.923 bits per heavy atom. The number of aryl methyl sites for hydroxylation is 2. The van der Waals surface area contributed by atoms with Gasteiger partial charge in [-0.3, -0.25) is 4.90 Å². The Morgan fingerprint density at radius 2 is 1.77 bits per heavy atom. The molecule has 3 aliphatic rings. The Balaban J connectivity index is 1.13. The first-order valence-electron chi connectivity index (χ1n) is 13.9.